The van der Waals surface area contributed by atoms with Gasteiger partial charge in [0.1, 0.15) is 11.6 Å². The van der Waals surface area contributed by atoms with Crippen LogP contribution in [0.5, 0.6) is 0 Å². The fourth-order valence-corrected chi connectivity index (χ4v) is 4.13. The summed E-state index contributed by atoms with van der Waals surface area (Å²) in [5.74, 6) is -2.26. The molecule has 0 saturated carbocycles. The van der Waals surface area contributed by atoms with E-state index in [9.17, 15) is 23.5 Å². The van der Waals surface area contributed by atoms with Crippen LogP contribution in [0, 0.1) is 17.6 Å². The van der Waals surface area contributed by atoms with E-state index in [1.165, 1.54) is 23.8 Å². The Bertz CT molecular complexity index is 1220. The van der Waals surface area contributed by atoms with Gasteiger partial charge < -0.3 is 15.7 Å². The summed E-state index contributed by atoms with van der Waals surface area (Å²) >= 11 is 0. The maximum absolute atomic E-state index is 13.8. The minimum atomic E-state index is -1.05. The highest BCUT2D eigenvalue weighted by Gasteiger charge is 2.23. The molecule has 3 aromatic rings. The molecule has 0 aliphatic rings. The van der Waals surface area contributed by atoms with Gasteiger partial charge in [-0.15, -0.1) is 12.4 Å². The molecule has 8 heteroatoms. The summed E-state index contributed by atoms with van der Waals surface area (Å²) in [6, 6.07) is 16.8. The number of amides is 1. The van der Waals surface area contributed by atoms with Gasteiger partial charge in [-0.2, -0.15) is 0 Å². The third-order valence-electron chi connectivity index (χ3n) is 6.17. The van der Waals surface area contributed by atoms with Crippen molar-refractivity contribution < 1.29 is 23.5 Å². The molecule has 1 amide bonds. The number of carbonyl (C=O) groups is 2. The minimum Gasteiger partial charge on any atom is -0.390 e. The van der Waals surface area contributed by atoms with Crippen molar-refractivity contribution in [2.75, 3.05) is 6.54 Å². The molecule has 3 aromatic carbocycles. The van der Waals surface area contributed by atoms with E-state index in [4.69, 9.17) is 0 Å². The minimum absolute atomic E-state index is 0. The highest BCUT2D eigenvalue weighted by molar-refractivity contribution is 6.01. The number of nitrogens with one attached hydrogen (secondary N) is 2. The molecule has 0 bridgehead atoms. The number of hydrogen-bond donors (Lipinski definition) is 3. The van der Waals surface area contributed by atoms with Crippen molar-refractivity contribution in [1.82, 2.24) is 10.6 Å². The lowest BCUT2D eigenvalue weighted by Crippen LogP contribution is -2.48. The second kappa shape index (κ2) is 14.7. The fourth-order valence-electron chi connectivity index (χ4n) is 4.13. The van der Waals surface area contributed by atoms with E-state index in [0.717, 1.165) is 18.1 Å². The van der Waals surface area contributed by atoms with Crippen LogP contribution in [0.3, 0.4) is 0 Å². The summed E-state index contributed by atoms with van der Waals surface area (Å²) in [4.78, 5) is 25.5. The van der Waals surface area contributed by atoms with Gasteiger partial charge in [0.2, 0.25) is 0 Å². The summed E-state index contributed by atoms with van der Waals surface area (Å²) in [6.07, 6.45) is -0.122. The molecule has 204 valence electrons. The highest BCUT2D eigenvalue weighted by atomic mass is 35.5. The Morgan fingerprint density at radius 1 is 0.868 bits per heavy atom. The van der Waals surface area contributed by atoms with E-state index in [1.807, 2.05) is 18.2 Å². The number of hydrogen-bond acceptors (Lipinski definition) is 4. The van der Waals surface area contributed by atoms with Gasteiger partial charge in [-0.25, -0.2) is 8.78 Å². The molecular formula is C30H35ClF2N2O3. The summed E-state index contributed by atoms with van der Waals surface area (Å²) in [7, 11) is 0. The Kier molecular flexibility index (Phi) is 12.0. The number of halogens is 3. The van der Waals surface area contributed by atoms with Crippen molar-refractivity contribution in [2.45, 2.75) is 52.3 Å². The monoisotopic (exact) mass is 544 g/mol. The van der Waals surface area contributed by atoms with E-state index in [0.29, 0.717) is 17.7 Å². The Balaban J connectivity index is 0.00000507. The SMILES string of the molecule is CCc1cccc(CNC[C@@H](O)[C@@H](Cc2cc(F)cc(F)c2)NC(=O)c2cccc(C(=O)C(C)C)c2)c1.Cl. The number of Topliss-reactive ketones (excluding diaryl/α,β-unsaturated/α-hetero) is 1. The molecule has 0 heterocycles. The smallest absolute Gasteiger partial charge is 0.251 e. The van der Waals surface area contributed by atoms with Gasteiger partial charge >= 0.3 is 0 Å². The number of rotatable bonds is 12. The molecule has 0 saturated heterocycles. The number of aliphatic hydroxyl groups is 1. The molecule has 0 aliphatic carbocycles. The Labute approximate surface area is 229 Å². The molecule has 3 N–H and O–H groups in total. The first-order valence-electron chi connectivity index (χ1n) is 12.5. The number of aryl methyl sites for hydroxylation is 1. The van der Waals surface area contributed by atoms with E-state index in [2.05, 4.69) is 23.6 Å². The van der Waals surface area contributed by atoms with E-state index in [-0.39, 0.29) is 42.6 Å². The summed E-state index contributed by atoms with van der Waals surface area (Å²) in [5, 5.41) is 17.0. The molecule has 0 spiro atoms. The third kappa shape index (κ3) is 9.01. The van der Waals surface area contributed by atoms with Crippen LogP contribution in [0.2, 0.25) is 0 Å². The highest BCUT2D eigenvalue weighted by Crippen LogP contribution is 2.15. The lowest BCUT2D eigenvalue weighted by molar-refractivity contribution is 0.0830. The van der Waals surface area contributed by atoms with Crippen LogP contribution in [-0.4, -0.2) is 35.5 Å². The topological polar surface area (TPSA) is 78.4 Å². The predicted molar refractivity (Wildman–Crippen MR) is 148 cm³/mol. The number of ketones is 1. The Morgan fingerprint density at radius 3 is 2.16 bits per heavy atom. The molecule has 0 aliphatic heterocycles. The van der Waals surface area contributed by atoms with E-state index < -0.39 is 29.7 Å². The van der Waals surface area contributed by atoms with Gasteiger partial charge in [0.15, 0.2) is 5.78 Å². The Morgan fingerprint density at radius 2 is 1.50 bits per heavy atom. The zero-order valence-corrected chi connectivity index (χ0v) is 22.7. The Hall–Kier alpha value is -3.13. The van der Waals surface area contributed by atoms with Crippen molar-refractivity contribution in [3.05, 3.63) is 106 Å². The maximum atomic E-state index is 13.8. The van der Waals surface area contributed by atoms with E-state index in [1.54, 1.807) is 32.0 Å². The predicted octanol–water partition coefficient (Wildman–Crippen LogP) is 5.28. The average molecular weight is 545 g/mol. The molecule has 0 fully saturated rings. The largest absolute Gasteiger partial charge is 0.390 e. The zero-order valence-electron chi connectivity index (χ0n) is 21.8. The second-order valence-corrected chi connectivity index (χ2v) is 9.53. The number of benzene rings is 3. The first-order chi connectivity index (χ1) is 17.7. The van der Waals surface area contributed by atoms with Crippen molar-refractivity contribution in [2.24, 2.45) is 5.92 Å². The van der Waals surface area contributed by atoms with Crippen LogP contribution < -0.4 is 10.6 Å². The molecule has 3 rings (SSSR count). The molecule has 0 radical (unpaired) electrons. The quantitative estimate of drug-likeness (QED) is 0.271. The molecule has 0 aromatic heterocycles. The lowest BCUT2D eigenvalue weighted by atomic mass is 9.98. The van der Waals surface area contributed by atoms with Crippen LogP contribution in [0.1, 0.15) is 58.2 Å². The van der Waals surface area contributed by atoms with Crippen LogP contribution in [0.4, 0.5) is 8.78 Å². The zero-order chi connectivity index (χ0) is 26.9. The second-order valence-electron chi connectivity index (χ2n) is 9.53. The number of carbonyl (C=O) groups excluding carboxylic acids is 2. The van der Waals surface area contributed by atoms with Crippen molar-refractivity contribution in [1.29, 1.82) is 0 Å². The van der Waals surface area contributed by atoms with Gasteiger partial charge in [0.05, 0.1) is 12.1 Å². The van der Waals surface area contributed by atoms with Crippen LogP contribution in [0.25, 0.3) is 0 Å². The maximum Gasteiger partial charge on any atom is 0.251 e. The van der Waals surface area contributed by atoms with Gasteiger partial charge in [0.25, 0.3) is 5.91 Å². The van der Waals surface area contributed by atoms with Crippen molar-refractivity contribution >= 4 is 24.1 Å². The normalized spacial score (nSPS) is 12.5. The summed E-state index contributed by atoms with van der Waals surface area (Å²) in [6.45, 7) is 6.30. The first-order valence-corrected chi connectivity index (χ1v) is 12.5. The molecule has 5 nitrogen and oxygen atoms in total. The molecule has 0 unspecified atom stereocenters. The summed E-state index contributed by atoms with van der Waals surface area (Å²) in [5.41, 5.74) is 3.25. The molecule has 38 heavy (non-hydrogen) atoms. The fraction of sp³-hybridized carbons (Fsp3) is 0.333. The summed E-state index contributed by atoms with van der Waals surface area (Å²) < 4.78 is 27.6. The van der Waals surface area contributed by atoms with Gasteiger partial charge in [-0.05, 0) is 53.8 Å². The standard InChI is InChI=1S/C30H34F2N2O3.ClH/c1-4-20-7-5-8-21(11-20)17-33-18-28(35)27(14-22-12-25(31)16-26(32)13-22)34-30(37)24-10-6-9-23(15-24)29(36)19(2)3;/h5-13,15-16,19,27-28,33,35H,4,14,17-18H2,1-3H3,(H,34,37);1H/t27-,28-;/m1./s1. The number of aliphatic hydroxyl groups excluding tert-OH is 1. The van der Waals surface area contributed by atoms with Crippen LogP contribution in [0.15, 0.2) is 66.7 Å². The van der Waals surface area contributed by atoms with Crippen molar-refractivity contribution in [3.8, 4) is 0 Å². The average Bonchev–Trinajstić information content (AvgIpc) is 2.87. The van der Waals surface area contributed by atoms with Crippen LogP contribution in [-0.2, 0) is 19.4 Å². The van der Waals surface area contributed by atoms with Gasteiger partial charge in [0, 0.05) is 36.2 Å². The van der Waals surface area contributed by atoms with Crippen molar-refractivity contribution in [3.63, 3.8) is 0 Å². The molecule has 2 atom stereocenters. The third-order valence-corrected chi connectivity index (χ3v) is 6.17. The van der Waals surface area contributed by atoms with Gasteiger partial charge in [-0.3, -0.25) is 9.59 Å². The molecular weight excluding hydrogens is 510 g/mol. The van der Waals surface area contributed by atoms with E-state index >= 15 is 0 Å². The van der Waals surface area contributed by atoms with Crippen LogP contribution >= 0.6 is 12.4 Å². The van der Waals surface area contributed by atoms with Gasteiger partial charge in [-0.1, -0.05) is 57.2 Å². The first kappa shape index (κ1) is 31.1. The lowest BCUT2D eigenvalue weighted by Gasteiger charge is -2.25.